The second kappa shape index (κ2) is 6.72. The predicted molar refractivity (Wildman–Crippen MR) is 98.7 cm³/mol. The van der Waals surface area contributed by atoms with E-state index in [1.807, 2.05) is 59.5 Å². The van der Waals surface area contributed by atoms with E-state index in [0.717, 1.165) is 16.5 Å². The molecule has 3 aromatic rings. The maximum Gasteiger partial charge on any atom is 0.328 e. The summed E-state index contributed by atoms with van der Waals surface area (Å²) in [4.78, 5) is 23.5. The van der Waals surface area contributed by atoms with Gasteiger partial charge >= 0.3 is 5.97 Å². The topological polar surface area (TPSA) is 75.6 Å². The highest BCUT2D eigenvalue weighted by Gasteiger charge is 2.38. The molecule has 0 bridgehead atoms. The van der Waals surface area contributed by atoms with Crippen molar-refractivity contribution in [3.05, 3.63) is 54.6 Å². The molecule has 132 valence electrons. The van der Waals surface area contributed by atoms with Crippen LogP contribution >= 0.6 is 0 Å². The first kappa shape index (κ1) is 16.5. The number of ether oxygens (including phenoxy) is 1. The van der Waals surface area contributed by atoms with Crippen molar-refractivity contribution >= 4 is 22.7 Å². The number of esters is 1. The second-order valence-corrected chi connectivity index (χ2v) is 6.33. The number of para-hydroxylation sites is 1. The number of fused-ring (bicyclic) bond motifs is 1. The van der Waals surface area contributed by atoms with Crippen molar-refractivity contribution in [1.82, 2.24) is 9.97 Å². The minimum absolute atomic E-state index is 0.325. The number of β-amino-alcohol motifs (C(OH)–C–C–N with tert-alkyl or cyclic N) is 1. The average molecular weight is 349 g/mol. The fourth-order valence-electron chi connectivity index (χ4n) is 3.40. The van der Waals surface area contributed by atoms with Crippen molar-refractivity contribution in [3.8, 4) is 11.4 Å². The highest BCUT2D eigenvalue weighted by molar-refractivity contribution is 5.93. The Morgan fingerprint density at radius 3 is 2.62 bits per heavy atom. The maximum atomic E-state index is 12.2. The van der Waals surface area contributed by atoms with Gasteiger partial charge in [0.15, 0.2) is 5.82 Å². The molecule has 4 rings (SSSR count). The molecule has 2 aromatic carbocycles. The summed E-state index contributed by atoms with van der Waals surface area (Å²) in [6.45, 7) is 0.328. The zero-order valence-corrected chi connectivity index (χ0v) is 14.4. The van der Waals surface area contributed by atoms with Crippen LogP contribution in [0.2, 0.25) is 0 Å². The van der Waals surface area contributed by atoms with E-state index in [2.05, 4.69) is 4.98 Å². The number of rotatable bonds is 3. The molecule has 2 atom stereocenters. The van der Waals surface area contributed by atoms with Crippen LogP contribution in [0.1, 0.15) is 6.42 Å². The zero-order valence-electron chi connectivity index (χ0n) is 14.4. The number of benzene rings is 2. The summed E-state index contributed by atoms with van der Waals surface area (Å²) in [5, 5.41) is 11.0. The van der Waals surface area contributed by atoms with Gasteiger partial charge in [0.1, 0.15) is 11.9 Å². The third-order valence-electron chi connectivity index (χ3n) is 4.64. The van der Waals surface area contributed by atoms with Crippen LogP contribution in [-0.2, 0) is 9.53 Å². The molecule has 0 spiro atoms. The molecule has 26 heavy (non-hydrogen) atoms. The summed E-state index contributed by atoms with van der Waals surface area (Å²) in [5.74, 6) is 0.858. The van der Waals surface area contributed by atoms with Crippen molar-refractivity contribution < 1.29 is 14.6 Å². The van der Waals surface area contributed by atoms with Crippen LogP contribution in [0.3, 0.4) is 0 Å². The Labute approximate surface area is 151 Å². The number of anilines is 1. The van der Waals surface area contributed by atoms with Gasteiger partial charge in [0, 0.05) is 23.9 Å². The van der Waals surface area contributed by atoms with E-state index in [0.29, 0.717) is 24.6 Å². The number of nitrogens with zero attached hydrogens (tertiary/aromatic N) is 3. The minimum Gasteiger partial charge on any atom is -0.467 e. The van der Waals surface area contributed by atoms with Crippen molar-refractivity contribution in [2.24, 2.45) is 0 Å². The van der Waals surface area contributed by atoms with Gasteiger partial charge < -0.3 is 14.7 Å². The first-order valence-corrected chi connectivity index (χ1v) is 8.52. The molecule has 1 N–H and O–H groups in total. The number of hydrogen-bond donors (Lipinski definition) is 1. The Hall–Kier alpha value is -2.99. The molecule has 1 aliphatic rings. The zero-order chi connectivity index (χ0) is 18.1. The molecular formula is C20H19N3O3. The quantitative estimate of drug-likeness (QED) is 0.732. The Balaban J connectivity index is 1.89. The molecular weight excluding hydrogens is 330 g/mol. The number of aliphatic hydroxyl groups is 1. The van der Waals surface area contributed by atoms with Gasteiger partial charge in [0.05, 0.1) is 18.7 Å². The third kappa shape index (κ3) is 2.88. The first-order chi connectivity index (χ1) is 12.7. The van der Waals surface area contributed by atoms with Gasteiger partial charge in [-0.25, -0.2) is 14.8 Å². The predicted octanol–water partition coefficient (Wildman–Crippen LogP) is 2.41. The second-order valence-electron chi connectivity index (χ2n) is 6.33. The maximum absolute atomic E-state index is 12.2. The summed E-state index contributed by atoms with van der Waals surface area (Å²) in [6.07, 6.45) is -0.279. The third-order valence-corrected chi connectivity index (χ3v) is 4.64. The van der Waals surface area contributed by atoms with Gasteiger partial charge in [0.25, 0.3) is 0 Å². The standard InChI is InChI=1S/C20H19N3O3/c1-26-20(25)17-11-14(24)12-23(17)19-15-9-5-6-10-16(15)21-18(22-19)13-7-3-2-4-8-13/h2-10,14,17,24H,11-12H2,1H3. The lowest BCUT2D eigenvalue weighted by molar-refractivity contribution is -0.142. The van der Waals surface area contributed by atoms with E-state index in [-0.39, 0.29) is 5.97 Å². The van der Waals surface area contributed by atoms with Gasteiger partial charge in [-0.1, -0.05) is 42.5 Å². The summed E-state index contributed by atoms with van der Waals surface area (Å²) in [7, 11) is 1.36. The van der Waals surface area contributed by atoms with Gasteiger partial charge in [-0.05, 0) is 12.1 Å². The smallest absolute Gasteiger partial charge is 0.328 e. The van der Waals surface area contributed by atoms with Crippen LogP contribution in [0.15, 0.2) is 54.6 Å². The van der Waals surface area contributed by atoms with Crippen LogP contribution in [0.25, 0.3) is 22.3 Å². The van der Waals surface area contributed by atoms with Crippen molar-refractivity contribution in [2.75, 3.05) is 18.6 Å². The molecule has 0 aliphatic carbocycles. The lowest BCUT2D eigenvalue weighted by atomic mass is 10.1. The largest absolute Gasteiger partial charge is 0.467 e. The van der Waals surface area contributed by atoms with E-state index in [1.165, 1.54) is 7.11 Å². The molecule has 2 unspecified atom stereocenters. The Morgan fingerprint density at radius 2 is 1.85 bits per heavy atom. The number of aromatic nitrogens is 2. The molecule has 1 aromatic heterocycles. The monoisotopic (exact) mass is 349 g/mol. The van der Waals surface area contributed by atoms with E-state index in [1.54, 1.807) is 0 Å². The Kier molecular flexibility index (Phi) is 4.26. The molecule has 0 saturated carbocycles. The Bertz CT molecular complexity index is 945. The highest BCUT2D eigenvalue weighted by Crippen LogP contribution is 2.32. The van der Waals surface area contributed by atoms with Crippen molar-refractivity contribution in [2.45, 2.75) is 18.6 Å². The van der Waals surface area contributed by atoms with Gasteiger partial charge in [-0.2, -0.15) is 0 Å². The summed E-state index contributed by atoms with van der Waals surface area (Å²) >= 11 is 0. The lowest BCUT2D eigenvalue weighted by Crippen LogP contribution is -2.37. The minimum atomic E-state index is -0.604. The first-order valence-electron chi connectivity index (χ1n) is 8.52. The van der Waals surface area contributed by atoms with E-state index in [4.69, 9.17) is 9.72 Å². The van der Waals surface area contributed by atoms with Gasteiger partial charge in [-0.3, -0.25) is 0 Å². The van der Waals surface area contributed by atoms with Crippen molar-refractivity contribution in [1.29, 1.82) is 0 Å². The molecule has 0 radical (unpaired) electrons. The Morgan fingerprint density at radius 1 is 1.12 bits per heavy atom. The summed E-state index contributed by atoms with van der Waals surface area (Å²) in [6, 6.07) is 16.8. The number of methoxy groups -OCH3 is 1. The van der Waals surface area contributed by atoms with Gasteiger partial charge in [0.2, 0.25) is 0 Å². The number of carbonyl (C=O) groups excluding carboxylic acids is 1. The molecule has 1 aliphatic heterocycles. The summed E-state index contributed by atoms with van der Waals surface area (Å²) in [5.41, 5.74) is 1.69. The average Bonchev–Trinajstić information content (AvgIpc) is 3.08. The van der Waals surface area contributed by atoms with Crippen LogP contribution in [0, 0.1) is 0 Å². The molecule has 1 saturated heterocycles. The van der Waals surface area contributed by atoms with E-state index < -0.39 is 12.1 Å². The SMILES string of the molecule is COC(=O)C1CC(O)CN1c1nc(-c2ccccc2)nc2ccccc12. The molecule has 2 heterocycles. The van der Waals surface area contributed by atoms with E-state index >= 15 is 0 Å². The lowest BCUT2D eigenvalue weighted by Gasteiger charge is -2.25. The van der Waals surface area contributed by atoms with E-state index in [9.17, 15) is 9.90 Å². The molecule has 1 fully saturated rings. The number of carbonyl (C=O) groups is 1. The van der Waals surface area contributed by atoms with Crippen molar-refractivity contribution in [3.63, 3.8) is 0 Å². The van der Waals surface area contributed by atoms with Crippen LogP contribution in [0.5, 0.6) is 0 Å². The molecule has 6 heteroatoms. The molecule has 6 nitrogen and oxygen atoms in total. The number of hydrogen-bond acceptors (Lipinski definition) is 6. The normalized spacial score (nSPS) is 19.7. The fourth-order valence-corrected chi connectivity index (χ4v) is 3.40. The number of aliphatic hydroxyl groups excluding tert-OH is 1. The van der Waals surface area contributed by atoms with Gasteiger partial charge in [-0.15, -0.1) is 0 Å². The van der Waals surface area contributed by atoms with Crippen LogP contribution < -0.4 is 4.90 Å². The highest BCUT2D eigenvalue weighted by atomic mass is 16.5. The van der Waals surface area contributed by atoms with Crippen LogP contribution in [-0.4, -0.2) is 46.8 Å². The fraction of sp³-hybridized carbons (Fsp3) is 0.250. The summed E-state index contributed by atoms with van der Waals surface area (Å²) < 4.78 is 4.93. The van der Waals surface area contributed by atoms with Crippen LogP contribution in [0.4, 0.5) is 5.82 Å². The molecule has 0 amide bonds.